The molecule has 72 valence electrons. The smallest absolute Gasteiger partial charge is 0.0687 e. The third kappa shape index (κ3) is 16.1. The van der Waals surface area contributed by atoms with E-state index in [4.69, 9.17) is 5.26 Å². The number of rotatable bonds is 2. The number of nitrogens with zero attached hydrogens (tertiary/aromatic N) is 1. The van der Waals surface area contributed by atoms with Crippen LogP contribution in [0, 0.1) is 16.7 Å². The molecule has 0 radical (unpaired) electrons. The predicted molar refractivity (Wildman–Crippen MR) is 56.9 cm³/mol. The molecule has 0 aromatic carbocycles. The number of hydrogen-bond acceptors (Lipinski definition) is 1. The van der Waals surface area contributed by atoms with Gasteiger partial charge in [0.05, 0.1) is 11.5 Å². The van der Waals surface area contributed by atoms with E-state index in [2.05, 4.69) is 12.6 Å². The molecule has 0 saturated carbocycles. The zero-order valence-electron chi connectivity index (χ0n) is 9.44. The predicted octanol–water partition coefficient (Wildman–Crippen LogP) is 4.16. The van der Waals surface area contributed by atoms with Gasteiger partial charge in [0.1, 0.15) is 0 Å². The summed E-state index contributed by atoms with van der Waals surface area (Å²) in [6.45, 7) is 15.3. The quantitative estimate of drug-likeness (QED) is 0.569. The molecule has 0 amide bonds. The maximum atomic E-state index is 8.43. The summed E-state index contributed by atoms with van der Waals surface area (Å²) in [5.41, 5.74) is -0.220. The number of allylic oxidation sites excluding steroid dienone is 1. The third-order valence-corrected chi connectivity index (χ3v) is 0.957. The zero-order chi connectivity index (χ0) is 10.6. The van der Waals surface area contributed by atoms with Crippen LogP contribution in [0.15, 0.2) is 12.7 Å². The van der Waals surface area contributed by atoms with E-state index in [0.717, 1.165) is 6.42 Å². The van der Waals surface area contributed by atoms with Crippen molar-refractivity contribution in [3.63, 3.8) is 0 Å². The second-order valence-electron chi connectivity index (χ2n) is 2.49. The average Bonchev–Trinajstić information content (AvgIpc) is 2.12. The lowest BCUT2D eigenvalue weighted by molar-refractivity contribution is 0.505. The molecule has 0 unspecified atom stereocenters. The molecule has 0 aliphatic carbocycles. The van der Waals surface area contributed by atoms with Crippen molar-refractivity contribution in [2.24, 2.45) is 5.41 Å². The molecule has 0 atom stereocenters. The van der Waals surface area contributed by atoms with E-state index in [9.17, 15) is 0 Å². The van der Waals surface area contributed by atoms with Crippen LogP contribution in [-0.2, 0) is 0 Å². The van der Waals surface area contributed by atoms with Crippen LogP contribution >= 0.6 is 0 Å². The lowest BCUT2D eigenvalue weighted by atomic mass is 9.92. The topological polar surface area (TPSA) is 23.8 Å². The molecule has 0 spiro atoms. The van der Waals surface area contributed by atoms with Gasteiger partial charge >= 0.3 is 0 Å². The summed E-state index contributed by atoms with van der Waals surface area (Å²) in [6, 6.07) is 2.17. The minimum Gasteiger partial charge on any atom is -0.198 e. The van der Waals surface area contributed by atoms with E-state index in [0.29, 0.717) is 0 Å². The zero-order valence-corrected chi connectivity index (χ0v) is 9.44. The van der Waals surface area contributed by atoms with Crippen LogP contribution in [-0.4, -0.2) is 0 Å². The normalized spacial score (nSPS) is 7.75. The van der Waals surface area contributed by atoms with Gasteiger partial charge in [-0.15, -0.1) is 6.58 Å². The summed E-state index contributed by atoms with van der Waals surface area (Å²) in [5.74, 6) is 0. The number of hydrogen-bond donors (Lipinski definition) is 0. The van der Waals surface area contributed by atoms with Crippen molar-refractivity contribution in [1.29, 1.82) is 5.26 Å². The summed E-state index contributed by atoms with van der Waals surface area (Å²) < 4.78 is 0. The molecule has 0 bridgehead atoms. The van der Waals surface area contributed by atoms with Gasteiger partial charge in [-0.3, -0.25) is 0 Å². The van der Waals surface area contributed by atoms with Crippen LogP contribution < -0.4 is 0 Å². The van der Waals surface area contributed by atoms with Crippen LogP contribution in [0.4, 0.5) is 0 Å². The van der Waals surface area contributed by atoms with Crippen LogP contribution in [0.2, 0.25) is 0 Å². The molecule has 0 aliphatic heterocycles. The Morgan fingerprint density at radius 2 is 1.58 bits per heavy atom. The molecule has 1 heteroatoms. The molecule has 0 fully saturated rings. The van der Waals surface area contributed by atoms with Gasteiger partial charge in [-0.1, -0.05) is 33.8 Å². The highest BCUT2D eigenvalue weighted by Crippen LogP contribution is 2.17. The molecular formula is C11H23N. The number of nitriles is 1. The molecule has 0 aromatic heterocycles. The van der Waals surface area contributed by atoms with Gasteiger partial charge in [0.25, 0.3) is 0 Å². The summed E-state index contributed by atoms with van der Waals surface area (Å²) in [6.07, 6.45) is 2.53. The first-order valence-corrected chi connectivity index (χ1v) is 4.64. The lowest BCUT2D eigenvalue weighted by Crippen LogP contribution is -2.04. The summed E-state index contributed by atoms with van der Waals surface area (Å²) in [4.78, 5) is 0. The highest BCUT2D eigenvalue weighted by Gasteiger charge is 2.12. The highest BCUT2D eigenvalue weighted by molar-refractivity contribution is 4.95. The van der Waals surface area contributed by atoms with Gasteiger partial charge in [-0.25, -0.2) is 0 Å². The molecule has 0 saturated heterocycles. The largest absolute Gasteiger partial charge is 0.198 e. The lowest BCUT2D eigenvalue weighted by Gasteiger charge is -2.09. The van der Waals surface area contributed by atoms with Crippen LogP contribution in [0.1, 0.15) is 48.0 Å². The molecule has 12 heavy (non-hydrogen) atoms. The van der Waals surface area contributed by atoms with Crippen molar-refractivity contribution < 1.29 is 0 Å². The van der Waals surface area contributed by atoms with Crippen molar-refractivity contribution >= 4 is 0 Å². The van der Waals surface area contributed by atoms with Gasteiger partial charge < -0.3 is 0 Å². The van der Waals surface area contributed by atoms with E-state index < -0.39 is 0 Å². The first kappa shape index (κ1) is 17.4. The fourth-order valence-corrected chi connectivity index (χ4v) is 0.406. The van der Waals surface area contributed by atoms with Crippen molar-refractivity contribution in [3.8, 4) is 6.07 Å². The third-order valence-electron chi connectivity index (χ3n) is 0.957. The monoisotopic (exact) mass is 169 g/mol. The fourth-order valence-electron chi connectivity index (χ4n) is 0.406. The summed E-state index contributed by atoms with van der Waals surface area (Å²) >= 11 is 0. The standard InChI is InChI=1S/C7H11N.2C2H6/c1-4-5-7(2,3)6-8;2*1-2/h4H,1,5H2,2-3H3;2*1-2H3. The Kier molecular flexibility index (Phi) is 18.6. The Hall–Kier alpha value is -0.770. The Bertz CT molecular complexity index is 117. The van der Waals surface area contributed by atoms with E-state index >= 15 is 0 Å². The Labute approximate surface area is 78.1 Å². The van der Waals surface area contributed by atoms with Gasteiger partial charge in [0.15, 0.2) is 0 Å². The molecular weight excluding hydrogens is 146 g/mol. The van der Waals surface area contributed by atoms with Gasteiger partial charge in [-0.05, 0) is 20.3 Å². The Balaban J connectivity index is -0.000000175. The first-order chi connectivity index (χ1) is 5.62. The van der Waals surface area contributed by atoms with E-state index in [1.807, 2.05) is 41.5 Å². The molecule has 0 heterocycles. The molecule has 0 aliphatic rings. The van der Waals surface area contributed by atoms with Gasteiger partial charge in [-0.2, -0.15) is 5.26 Å². The average molecular weight is 169 g/mol. The SMILES string of the molecule is C=CCC(C)(C)C#N.CC.CC. The molecule has 0 aromatic rings. The first-order valence-electron chi connectivity index (χ1n) is 4.64. The van der Waals surface area contributed by atoms with Crippen molar-refractivity contribution in [2.75, 3.05) is 0 Å². The molecule has 0 N–H and O–H groups in total. The van der Waals surface area contributed by atoms with Gasteiger partial charge in [0.2, 0.25) is 0 Å². The fraction of sp³-hybridized carbons (Fsp3) is 0.727. The van der Waals surface area contributed by atoms with Crippen LogP contribution in [0.25, 0.3) is 0 Å². The van der Waals surface area contributed by atoms with E-state index in [-0.39, 0.29) is 5.41 Å². The van der Waals surface area contributed by atoms with Crippen molar-refractivity contribution in [1.82, 2.24) is 0 Å². The Morgan fingerprint density at radius 3 is 1.67 bits per heavy atom. The highest BCUT2D eigenvalue weighted by atomic mass is 14.3. The molecule has 0 rings (SSSR count). The van der Waals surface area contributed by atoms with Crippen LogP contribution in [0.5, 0.6) is 0 Å². The van der Waals surface area contributed by atoms with Crippen molar-refractivity contribution in [2.45, 2.75) is 48.0 Å². The second-order valence-corrected chi connectivity index (χ2v) is 2.49. The summed E-state index contributed by atoms with van der Waals surface area (Å²) in [7, 11) is 0. The van der Waals surface area contributed by atoms with E-state index in [1.165, 1.54) is 0 Å². The van der Waals surface area contributed by atoms with E-state index in [1.54, 1.807) is 6.08 Å². The minimum absolute atomic E-state index is 0.220. The maximum Gasteiger partial charge on any atom is 0.0687 e. The minimum atomic E-state index is -0.220. The second kappa shape index (κ2) is 12.9. The van der Waals surface area contributed by atoms with Gasteiger partial charge in [0, 0.05) is 0 Å². The van der Waals surface area contributed by atoms with Crippen LogP contribution in [0.3, 0.4) is 0 Å². The maximum absolute atomic E-state index is 8.43. The van der Waals surface area contributed by atoms with Crippen molar-refractivity contribution in [3.05, 3.63) is 12.7 Å². The Morgan fingerprint density at radius 1 is 1.25 bits per heavy atom. The molecule has 1 nitrogen and oxygen atoms in total. The summed E-state index contributed by atoms with van der Waals surface area (Å²) in [5, 5.41) is 8.43.